The standard InChI is InChI=1S/C23H24F2N6O4S/c24-14-10-15(25)12-17(11-14)36(33,34)31-7-3-19-18(13-31)22(30-29-19)28-23(32)21-20(2-1-6-26-21)27-16-4-8-35-9-5-16/h1-2,6,10-12,16,27H,3-5,7-9,13H2,(H2,28,29,30,32). The number of rotatable bonds is 6. The lowest BCUT2D eigenvalue weighted by Gasteiger charge is -2.26. The number of aromatic nitrogens is 3. The Morgan fingerprint density at radius 3 is 2.67 bits per heavy atom. The molecule has 2 aliphatic heterocycles. The Morgan fingerprint density at radius 1 is 1.17 bits per heavy atom. The highest BCUT2D eigenvalue weighted by molar-refractivity contribution is 7.89. The van der Waals surface area contributed by atoms with Crippen molar-refractivity contribution >= 4 is 27.4 Å². The number of fused-ring (bicyclic) bond motifs is 1. The van der Waals surface area contributed by atoms with Crippen LogP contribution in [0.1, 0.15) is 34.6 Å². The van der Waals surface area contributed by atoms with Gasteiger partial charge in [-0.05, 0) is 37.1 Å². The lowest BCUT2D eigenvalue weighted by Crippen LogP contribution is -2.36. The van der Waals surface area contributed by atoms with Gasteiger partial charge in [0.15, 0.2) is 11.5 Å². The number of halogens is 2. The minimum absolute atomic E-state index is 0.0858. The van der Waals surface area contributed by atoms with Crippen LogP contribution >= 0.6 is 0 Å². The molecule has 5 rings (SSSR count). The summed E-state index contributed by atoms with van der Waals surface area (Å²) in [6.45, 7) is 1.24. The molecule has 0 radical (unpaired) electrons. The summed E-state index contributed by atoms with van der Waals surface area (Å²) >= 11 is 0. The maximum Gasteiger partial charge on any atom is 0.277 e. The van der Waals surface area contributed by atoms with Crippen LogP contribution in [0.3, 0.4) is 0 Å². The first-order valence-electron chi connectivity index (χ1n) is 11.4. The number of amides is 1. The first kappa shape index (κ1) is 24.3. The van der Waals surface area contributed by atoms with Gasteiger partial charge in [0.05, 0.1) is 10.6 Å². The summed E-state index contributed by atoms with van der Waals surface area (Å²) in [5.41, 5.74) is 1.90. The zero-order valence-corrected chi connectivity index (χ0v) is 19.9. The van der Waals surface area contributed by atoms with E-state index in [1.54, 1.807) is 12.1 Å². The van der Waals surface area contributed by atoms with E-state index in [2.05, 4.69) is 25.8 Å². The fourth-order valence-corrected chi connectivity index (χ4v) is 5.79. The summed E-state index contributed by atoms with van der Waals surface area (Å²) in [4.78, 5) is 16.9. The highest BCUT2D eigenvalue weighted by Gasteiger charge is 2.32. The van der Waals surface area contributed by atoms with Crippen LogP contribution < -0.4 is 10.6 Å². The molecule has 0 unspecified atom stereocenters. The van der Waals surface area contributed by atoms with Crippen molar-refractivity contribution < 1.29 is 26.7 Å². The predicted molar refractivity (Wildman–Crippen MR) is 126 cm³/mol. The van der Waals surface area contributed by atoms with Gasteiger partial charge in [0.1, 0.15) is 11.6 Å². The molecule has 36 heavy (non-hydrogen) atoms. The van der Waals surface area contributed by atoms with E-state index in [9.17, 15) is 22.0 Å². The molecule has 1 fully saturated rings. The van der Waals surface area contributed by atoms with E-state index in [1.165, 1.54) is 6.20 Å². The Kier molecular flexibility index (Phi) is 6.69. The van der Waals surface area contributed by atoms with Gasteiger partial charge >= 0.3 is 0 Å². The van der Waals surface area contributed by atoms with E-state index >= 15 is 0 Å². The number of nitrogens with one attached hydrogen (secondary N) is 3. The highest BCUT2D eigenvalue weighted by Crippen LogP contribution is 2.29. The number of hydrogen-bond acceptors (Lipinski definition) is 7. The predicted octanol–water partition coefficient (Wildman–Crippen LogP) is 2.67. The number of anilines is 2. The summed E-state index contributed by atoms with van der Waals surface area (Å²) in [6, 6.07) is 5.82. The molecule has 0 aliphatic carbocycles. The smallest absolute Gasteiger partial charge is 0.277 e. The molecule has 13 heteroatoms. The van der Waals surface area contributed by atoms with Crippen molar-refractivity contribution in [3.63, 3.8) is 0 Å². The first-order chi connectivity index (χ1) is 17.3. The van der Waals surface area contributed by atoms with Gasteiger partial charge < -0.3 is 15.4 Å². The van der Waals surface area contributed by atoms with Gasteiger partial charge in [0, 0.05) is 62.3 Å². The second-order valence-electron chi connectivity index (χ2n) is 8.61. The number of benzene rings is 1. The van der Waals surface area contributed by atoms with Crippen LogP contribution in [0.15, 0.2) is 41.4 Å². The largest absolute Gasteiger partial charge is 0.381 e. The third-order valence-electron chi connectivity index (χ3n) is 6.21. The second kappa shape index (κ2) is 9.91. The van der Waals surface area contributed by atoms with Gasteiger partial charge in [-0.25, -0.2) is 22.2 Å². The van der Waals surface area contributed by atoms with E-state index in [4.69, 9.17) is 4.74 Å². The van der Waals surface area contributed by atoms with Crippen molar-refractivity contribution in [2.75, 3.05) is 30.4 Å². The average Bonchev–Trinajstić information content (AvgIpc) is 3.26. The number of carbonyl (C=O) groups excluding carboxylic acids is 1. The summed E-state index contributed by atoms with van der Waals surface area (Å²) in [5.74, 6) is -2.30. The Labute approximate surface area is 206 Å². The number of pyridine rings is 1. The van der Waals surface area contributed by atoms with E-state index in [-0.39, 0.29) is 37.1 Å². The molecule has 1 amide bonds. The number of sulfonamides is 1. The average molecular weight is 519 g/mol. The van der Waals surface area contributed by atoms with Gasteiger partial charge in [-0.3, -0.25) is 9.89 Å². The van der Waals surface area contributed by atoms with Crippen LogP contribution in [0.5, 0.6) is 0 Å². The molecular formula is C23H24F2N6O4S. The van der Waals surface area contributed by atoms with Crippen molar-refractivity contribution in [3.8, 4) is 0 Å². The van der Waals surface area contributed by atoms with Crippen molar-refractivity contribution in [1.82, 2.24) is 19.5 Å². The topological polar surface area (TPSA) is 129 Å². The number of ether oxygens (including phenoxy) is 1. The maximum atomic E-state index is 13.7. The zero-order valence-electron chi connectivity index (χ0n) is 19.1. The Morgan fingerprint density at radius 2 is 1.92 bits per heavy atom. The van der Waals surface area contributed by atoms with Gasteiger partial charge in [0.25, 0.3) is 5.91 Å². The lowest BCUT2D eigenvalue weighted by atomic mass is 10.1. The van der Waals surface area contributed by atoms with E-state index in [1.807, 2.05) is 0 Å². The van der Waals surface area contributed by atoms with Crippen molar-refractivity contribution in [1.29, 1.82) is 0 Å². The minimum atomic E-state index is -4.18. The highest BCUT2D eigenvalue weighted by atomic mass is 32.2. The van der Waals surface area contributed by atoms with Crippen LogP contribution in [0.25, 0.3) is 0 Å². The maximum absolute atomic E-state index is 13.7. The molecule has 0 bridgehead atoms. The Balaban J connectivity index is 1.35. The number of hydrogen-bond donors (Lipinski definition) is 3. The second-order valence-corrected chi connectivity index (χ2v) is 10.5. The summed E-state index contributed by atoms with van der Waals surface area (Å²) in [5, 5.41) is 13.1. The molecule has 1 aromatic carbocycles. The fraction of sp³-hybridized carbons (Fsp3) is 0.348. The van der Waals surface area contributed by atoms with Crippen LogP contribution in [0.2, 0.25) is 0 Å². The van der Waals surface area contributed by atoms with Crippen molar-refractivity contribution in [2.24, 2.45) is 0 Å². The van der Waals surface area contributed by atoms with Crippen molar-refractivity contribution in [3.05, 3.63) is 65.1 Å². The zero-order chi connectivity index (χ0) is 25.3. The summed E-state index contributed by atoms with van der Waals surface area (Å²) in [6.07, 6.45) is 3.41. The molecule has 0 atom stereocenters. The van der Waals surface area contributed by atoms with Gasteiger partial charge in [-0.15, -0.1) is 0 Å². The van der Waals surface area contributed by atoms with E-state index in [0.29, 0.717) is 36.2 Å². The van der Waals surface area contributed by atoms with E-state index in [0.717, 1.165) is 29.3 Å². The van der Waals surface area contributed by atoms with Crippen LogP contribution in [0, 0.1) is 11.6 Å². The Bertz CT molecular complexity index is 1370. The van der Waals surface area contributed by atoms with Gasteiger partial charge in [0.2, 0.25) is 10.0 Å². The fourth-order valence-electron chi connectivity index (χ4n) is 4.34. The molecule has 1 saturated heterocycles. The molecule has 4 heterocycles. The third-order valence-corrected chi connectivity index (χ3v) is 8.03. The molecule has 2 aromatic heterocycles. The first-order valence-corrected chi connectivity index (χ1v) is 12.9. The molecular weight excluding hydrogens is 494 g/mol. The molecule has 2 aliphatic rings. The molecule has 190 valence electrons. The number of nitrogens with zero attached hydrogens (tertiary/aromatic N) is 3. The Hall–Kier alpha value is -3.42. The SMILES string of the molecule is O=C(Nc1n[nH]c2c1CN(S(=O)(=O)c1cc(F)cc(F)c1)CC2)c1ncccc1NC1CCOCC1. The van der Waals surface area contributed by atoms with Crippen LogP contribution in [0.4, 0.5) is 20.3 Å². The van der Waals surface area contributed by atoms with Gasteiger partial charge in [-0.1, -0.05) is 0 Å². The molecule has 0 saturated carbocycles. The quantitative estimate of drug-likeness (QED) is 0.458. The molecule has 10 nitrogen and oxygen atoms in total. The van der Waals surface area contributed by atoms with Crippen LogP contribution in [-0.4, -0.2) is 59.6 Å². The lowest BCUT2D eigenvalue weighted by molar-refractivity contribution is 0.0904. The number of H-pyrrole nitrogens is 1. The minimum Gasteiger partial charge on any atom is -0.381 e. The number of aromatic amines is 1. The molecule has 0 spiro atoms. The van der Waals surface area contributed by atoms with Crippen molar-refractivity contribution in [2.45, 2.75) is 36.7 Å². The van der Waals surface area contributed by atoms with E-state index < -0.39 is 32.5 Å². The monoisotopic (exact) mass is 518 g/mol. The third kappa shape index (κ3) is 4.94. The molecule has 3 N–H and O–H groups in total. The summed E-state index contributed by atoms with van der Waals surface area (Å²) in [7, 11) is -4.18. The molecule has 3 aromatic rings. The number of carbonyl (C=O) groups is 1. The summed E-state index contributed by atoms with van der Waals surface area (Å²) < 4.78 is 59.9. The van der Waals surface area contributed by atoms with Gasteiger partial charge in [-0.2, -0.15) is 9.40 Å². The normalized spacial score (nSPS) is 16.9. The van der Waals surface area contributed by atoms with Crippen LogP contribution in [-0.2, 0) is 27.7 Å².